The number of carbonyl (C=O) groups excluding carboxylic acids is 2. The van der Waals surface area contributed by atoms with Crippen LogP contribution in [0, 0.1) is 0 Å². The lowest BCUT2D eigenvalue weighted by Gasteiger charge is -2.35. The van der Waals surface area contributed by atoms with Crippen LogP contribution < -0.4 is 19.1 Å². The predicted octanol–water partition coefficient (Wildman–Crippen LogP) is 3.74. The molecule has 0 spiro atoms. The number of nitrogens with zero attached hydrogens (tertiary/aromatic N) is 2. The van der Waals surface area contributed by atoms with E-state index in [1.165, 1.54) is 11.0 Å². The molecule has 0 saturated heterocycles. The molecule has 1 aliphatic rings. The molecule has 2 amide bonds. The van der Waals surface area contributed by atoms with Crippen molar-refractivity contribution in [3.8, 4) is 11.5 Å². The first-order valence-electron chi connectivity index (χ1n) is 13.0. The summed E-state index contributed by atoms with van der Waals surface area (Å²) in [6, 6.07) is 22.6. The maximum absolute atomic E-state index is 14.1. The monoisotopic (exact) mass is 565 g/mol. The van der Waals surface area contributed by atoms with Crippen molar-refractivity contribution in [2.75, 3.05) is 23.9 Å². The van der Waals surface area contributed by atoms with Gasteiger partial charge in [-0.1, -0.05) is 60.7 Å². The second-order valence-corrected chi connectivity index (χ2v) is 12.7. The Hall–Kier alpha value is -4.05. The molecule has 0 saturated carbocycles. The average Bonchev–Trinajstić information content (AvgIpc) is 3.36. The summed E-state index contributed by atoms with van der Waals surface area (Å²) < 4.78 is 37.7. The highest BCUT2D eigenvalue weighted by Crippen LogP contribution is 2.36. The van der Waals surface area contributed by atoms with E-state index in [2.05, 4.69) is 5.32 Å². The lowest BCUT2D eigenvalue weighted by Crippen LogP contribution is -2.56. The minimum atomic E-state index is -3.88. The minimum absolute atomic E-state index is 0.0332. The fourth-order valence-corrected chi connectivity index (χ4v) is 5.28. The molecule has 0 aliphatic carbocycles. The molecule has 9 nitrogen and oxygen atoms in total. The van der Waals surface area contributed by atoms with Crippen molar-refractivity contribution < 1.29 is 27.5 Å². The lowest BCUT2D eigenvalue weighted by atomic mass is 10.0. The van der Waals surface area contributed by atoms with Crippen LogP contribution in [0.2, 0.25) is 0 Å². The van der Waals surface area contributed by atoms with Crippen molar-refractivity contribution in [1.82, 2.24) is 10.2 Å². The molecular weight excluding hydrogens is 530 g/mol. The van der Waals surface area contributed by atoms with Gasteiger partial charge in [-0.25, -0.2) is 8.42 Å². The number of fused-ring (bicyclic) bond motifs is 1. The molecule has 4 rings (SSSR count). The van der Waals surface area contributed by atoms with Crippen molar-refractivity contribution >= 4 is 27.5 Å². The van der Waals surface area contributed by atoms with Crippen LogP contribution in [0.25, 0.3) is 0 Å². The summed E-state index contributed by atoms with van der Waals surface area (Å²) in [5.74, 6) is 0.0498. The average molecular weight is 566 g/mol. The molecule has 212 valence electrons. The van der Waals surface area contributed by atoms with Crippen molar-refractivity contribution in [2.24, 2.45) is 0 Å². The zero-order chi connectivity index (χ0) is 28.9. The summed E-state index contributed by atoms with van der Waals surface area (Å²) in [5.41, 5.74) is 1.40. The molecule has 3 aromatic carbocycles. The molecule has 1 N–H and O–H groups in total. The van der Waals surface area contributed by atoms with Crippen LogP contribution in [0.15, 0.2) is 78.9 Å². The molecule has 0 radical (unpaired) electrons. The standard InChI is InChI=1S/C30H35N3O6S/c1-30(2,3)31-29(35)25(17-22-11-7-5-8-12-22)32(19-23-13-9-6-10-14-23)28(34)20-33(40(4,36)37)24-15-16-26-27(18-24)39-21-38-26/h5-16,18,25H,17,19-21H2,1-4H3,(H,31,35)/t25-/m1/s1. The van der Waals surface area contributed by atoms with Crippen LogP contribution in [0.5, 0.6) is 11.5 Å². The van der Waals surface area contributed by atoms with Crippen LogP contribution in [-0.2, 0) is 32.6 Å². The minimum Gasteiger partial charge on any atom is -0.454 e. The fraction of sp³-hybridized carbons (Fsp3) is 0.333. The summed E-state index contributed by atoms with van der Waals surface area (Å²) in [6.45, 7) is 5.27. The number of nitrogens with one attached hydrogen (secondary N) is 1. The van der Waals surface area contributed by atoms with E-state index < -0.39 is 34.1 Å². The smallest absolute Gasteiger partial charge is 0.244 e. The number of ether oxygens (including phenoxy) is 2. The molecule has 0 unspecified atom stereocenters. The van der Waals surface area contributed by atoms with E-state index in [4.69, 9.17) is 9.47 Å². The Kier molecular flexibility index (Phi) is 8.68. The van der Waals surface area contributed by atoms with Crippen LogP contribution in [-0.4, -0.2) is 56.3 Å². The van der Waals surface area contributed by atoms with Crippen molar-refractivity contribution in [2.45, 2.75) is 45.3 Å². The third-order valence-electron chi connectivity index (χ3n) is 6.29. The van der Waals surface area contributed by atoms with Gasteiger partial charge >= 0.3 is 0 Å². The Morgan fingerprint density at radius 3 is 2.10 bits per heavy atom. The van der Waals surface area contributed by atoms with Crippen LogP contribution >= 0.6 is 0 Å². The van der Waals surface area contributed by atoms with E-state index in [-0.39, 0.29) is 31.4 Å². The first kappa shape index (κ1) is 28.9. The topological polar surface area (TPSA) is 105 Å². The van der Waals surface area contributed by atoms with Gasteiger partial charge in [0.05, 0.1) is 11.9 Å². The van der Waals surface area contributed by atoms with E-state index in [1.54, 1.807) is 12.1 Å². The predicted molar refractivity (Wildman–Crippen MR) is 154 cm³/mol. The number of amides is 2. The molecule has 1 aliphatic heterocycles. The second kappa shape index (κ2) is 12.0. The van der Waals surface area contributed by atoms with E-state index in [9.17, 15) is 18.0 Å². The number of carbonyl (C=O) groups is 2. The lowest BCUT2D eigenvalue weighted by molar-refractivity contribution is -0.140. The van der Waals surface area contributed by atoms with Crippen molar-refractivity contribution in [3.05, 3.63) is 90.0 Å². The van der Waals surface area contributed by atoms with Gasteiger partial charge in [-0.2, -0.15) is 0 Å². The van der Waals surface area contributed by atoms with E-state index in [1.807, 2.05) is 81.4 Å². The van der Waals surface area contributed by atoms with Gasteiger partial charge < -0.3 is 19.7 Å². The maximum Gasteiger partial charge on any atom is 0.244 e. The third-order valence-corrected chi connectivity index (χ3v) is 7.43. The molecular formula is C30H35N3O6S. The number of benzene rings is 3. The van der Waals surface area contributed by atoms with Crippen LogP contribution in [0.3, 0.4) is 0 Å². The fourth-order valence-electron chi connectivity index (χ4n) is 4.44. The van der Waals surface area contributed by atoms with Gasteiger partial charge in [0.25, 0.3) is 0 Å². The van der Waals surface area contributed by atoms with Crippen molar-refractivity contribution in [1.29, 1.82) is 0 Å². The number of hydrogen-bond donors (Lipinski definition) is 1. The molecule has 1 atom stereocenters. The van der Waals surface area contributed by atoms with Gasteiger partial charge in [0.2, 0.25) is 28.6 Å². The SMILES string of the molecule is CC(C)(C)NC(=O)[C@@H](Cc1ccccc1)N(Cc1ccccc1)C(=O)CN(c1ccc2c(c1)OCO2)S(C)(=O)=O. The number of rotatable bonds is 10. The first-order chi connectivity index (χ1) is 18.9. The molecule has 0 bridgehead atoms. The highest BCUT2D eigenvalue weighted by molar-refractivity contribution is 7.92. The molecule has 40 heavy (non-hydrogen) atoms. The van der Waals surface area contributed by atoms with Gasteiger partial charge in [0.1, 0.15) is 12.6 Å². The van der Waals surface area contributed by atoms with Gasteiger partial charge in [-0.05, 0) is 44.0 Å². The summed E-state index contributed by atoms with van der Waals surface area (Å²) in [6.07, 6.45) is 1.30. The van der Waals surface area contributed by atoms with E-state index in [0.717, 1.165) is 21.7 Å². The molecule has 1 heterocycles. The highest BCUT2D eigenvalue weighted by atomic mass is 32.2. The van der Waals surface area contributed by atoms with Gasteiger partial charge in [-0.15, -0.1) is 0 Å². The number of hydrogen-bond acceptors (Lipinski definition) is 6. The highest BCUT2D eigenvalue weighted by Gasteiger charge is 2.34. The Balaban J connectivity index is 1.72. The van der Waals surface area contributed by atoms with Gasteiger partial charge in [0, 0.05) is 24.6 Å². The zero-order valence-electron chi connectivity index (χ0n) is 23.2. The quantitative estimate of drug-likeness (QED) is 0.402. The van der Waals surface area contributed by atoms with Crippen LogP contribution in [0.4, 0.5) is 5.69 Å². The van der Waals surface area contributed by atoms with E-state index >= 15 is 0 Å². The largest absolute Gasteiger partial charge is 0.454 e. The summed E-state index contributed by atoms with van der Waals surface area (Å²) in [4.78, 5) is 29.3. The maximum atomic E-state index is 14.1. The summed E-state index contributed by atoms with van der Waals surface area (Å²) >= 11 is 0. The Morgan fingerprint density at radius 2 is 1.50 bits per heavy atom. The van der Waals surface area contributed by atoms with Crippen molar-refractivity contribution in [3.63, 3.8) is 0 Å². The molecule has 0 aromatic heterocycles. The number of anilines is 1. The Labute approximate surface area is 235 Å². The molecule has 3 aromatic rings. The third kappa shape index (κ3) is 7.53. The Bertz CT molecular complexity index is 1440. The van der Waals surface area contributed by atoms with Crippen LogP contribution in [0.1, 0.15) is 31.9 Å². The normalized spacial score (nSPS) is 13.4. The summed E-state index contributed by atoms with van der Waals surface area (Å²) in [5, 5.41) is 3.01. The zero-order valence-corrected chi connectivity index (χ0v) is 24.0. The second-order valence-electron chi connectivity index (χ2n) is 10.8. The molecule has 0 fully saturated rings. The Morgan fingerprint density at radius 1 is 0.900 bits per heavy atom. The van der Waals surface area contributed by atoms with E-state index in [0.29, 0.717) is 11.5 Å². The van der Waals surface area contributed by atoms with Gasteiger partial charge in [0.15, 0.2) is 11.5 Å². The van der Waals surface area contributed by atoms with Gasteiger partial charge in [-0.3, -0.25) is 13.9 Å². The number of sulfonamides is 1. The molecule has 10 heteroatoms. The summed E-state index contributed by atoms with van der Waals surface area (Å²) in [7, 11) is -3.88. The first-order valence-corrected chi connectivity index (χ1v) is 14.8.